The van der Waals surface area contributed by atoms with Crippen molar-refractivity contribution in [1.29, 1.82) is 0 Å². The molecule has 0 radical (unpaired) electrons. The molecule has 0 aliphatic carbocycles. The highest BCUT2D eigenvalue weighted by molar-refractivity contribution is 6.80. The third kappa shape index (κ3) is 1.26. The zero-order chi connectivity index (χ0) is 11.9. The highest BCUT2D eigenvalue weighted by Crippen LogP contribution is 2.32. The Hall–Kier alpha value is -2.09. The molecular weight excluding hydrogens is 218 g/mol. The van der Waals surface area contributed by atoms with Gasteiger partial charge in [-0.25, -0.2) is 0 Å². The standard InChI is InChI=1S/C14H12B2N2/c1-3-9-15-13(7-1)14-8-2-4-10-16(14)18-12-6-5-11-17(15)18/h1-12H. The van der Waals surface area contributed by atoms with Crippen molar-refractivity contribution >= 4 is 13.7 Å². The number of fused-ring (bicyclic) bond motifs is 5. The zero-order valence-electron chi connectivity index (χ0n) is 9.98. The molecule has 4 aliphatic heterocycles. The minimum atomic E-state index is 0.318. The molecule has 0 saturated carbocycles. The van der Waals surface area contributed by atoms with E-state index < -0.39 is 0 Å². The fourth-order valence-electron chi connectivity index (χ4n) is 2.96. The van der Waals surface area contributed by atoms with Gasteiger partial charge in [-0.3, -0.25) is 0 Å². The van der Waals surface area contributed by atoms with Crippen molar-refractivity contribution in [2.45, 2.75) is 0 Å². The van der Waals surface area contributed by atoms with Gasteiger partial charge in [0.15, 0.2) is 0 Å². The van der Waals surface area contributed by atoms with Crippen LogP contribution in [0.15, 0.2) is 83.9 Å². The van der Waals surface area contributed by atoms with E-state index in [2.05, 4.69) is 82.8 Å². The molecule has 0 spiro atoms. The fourth-order valence-corrected chi connectivity index (χ4v) is 2.96. The van der Waals surface area contributed by atoms with Crippen LogP contribution < -0.4 is 0 Å². The lowest BCUT2D eigenvalue weighted by molar-refractivity contribution is 0.292. The van der Waals surface area contributed by atoms with Gasteiger partial charge in [-0.05, 0) is 12.2 Å². The van der Waals surface area contributed by atoms with E-state index in [9.17, 15) is 0 Å². The van der Waals surface area contributed by atoms with Crippen molar-refractivity contribution in [3.63, 3.8) is 0 Å². The number of allylic oxidation sites excluding steroid dienone is 10. The Bertz CT molecular complexity index is 541. The molecule has 4 rings (SSSR count). The first kappa shape index (κ1) is 9.89. The Morgan fingerprint density at radius 3 is 1.61 bits per heavy atom. The first-order chi connectivity index (χ1) is 8.95. The first-order valence-electron chi connectivity index (χ1n) is 6.30. The summed E-state index contributed by atoms with van der Waals surface area (Å²) in [5, 5.41) is 0. The number of hydrogen-bond donors (Lipinski definition) is 0. The molecule has 2 nitrogen and oxygen atoms in total. The molecular formula is C14H12B2N2. The van der Waals surface area contributed by atoms with Gasteiger partial charge >= 0.3 is 13.7 Å². The summed E-state index contributed by atoms with van der Waals surface area (Å²) in [6, 6.07) is 0. The van der Waals surface area contributed by atoms with Crippen molar-refractivity contribution in [2.75, 3.05) is 0 Å². The molecule has 0 amide bonds. The molecule has 0 aromatic rings. The van der Waals surface area contributed by atoms with Crippen LogP contribution in [-0.2, 0) is 0 Å². The second-order valence-corrected chi connectivity index (χ2v) is 4.73. The van der Waals surface area contributed by atoms with Crippen molar-refractivity contribution in [3.8, 4) is 0 Å². The number of nitrogens with zero attached hydrogens (tertiary/aromatic N) is 2. The van der Waals surface area contributed by atoms with E-state index >= 15 is 0 Å². The SMILES string of the molecule is C1=CB2C(=C3C=CC=CB3N3C=CC=CN23)C=C1. The van der Waals surface area contributed by atoms with Crippen LogP contribution in [0.25, 0.3) is 0 Å². The minimum absolute atomic E-state index is 0.318. The van der Waals surface area contributed by atoms with Crippen molar-refractivity contribution < 1.29 is 0 Å². The van der Waals surface area contributed by atoms with Crippen molar-refractivity contribution in [1.82, 2.24) is 9.84 Å². The second kappa shape index (κ2) is 3.70. The van der Waals surface area contributed by atoms with E-state index in [0.29, 0.717) is 13.7 Å². The van der Waals surface area contributed by atoms with Crippen LogP contribution in [0.2, 0.25) is 0 Å². The molecule has 4 heterocycles. The lowest BCUT2D eigenvalue weighted by Gasteiger charge is -2.47. The fraction of sp³-hybridized carbons (Fsp3) is 0. The van der Waals surface area contributed by atoms with Crippen LogP contribution in [0.3, 0.4) is 0 Å². The summed E-state index contributed by atoms with van der Waals surface area (Å²) in [5.41, 5.74) is 2.80. The maximum atomic E-state index is 2.30. The van der Waals surface area contributed by atoms with Crippen molar-refractivity contribution in [2.24, 2.45) is 0 Å². The van der Waals surface area contributed by atoms with Crippen LogP contribution in [0.5, 0.6) is 0 Å². The molecule has 0 bridgehead atoms. The zero-order valence-corrected chi connectivity index (χ0v) is 9.98. The Morgan fingerprint density at radius 2 is 1.11 bits per heavy atom. The predicted octanol–water partition coefficient (Wildman–Crippen LogP) is 2.25. The molecule has 84 valence electrons. The van der Waals surface area contributed by atoms with Gasteiger partial charge in [0.05, 0.1) is 0 Å². The van der Waals surface area contributed by atoms with Gasteiger partial charge in [0.1, 0.15) is 0 Å². The van der Waals surface area contributed by atoms with E-state index in [1.165, 1.54) is 10.9 Å². The molecule has 0 fully saturated rings. The van der Waals surface area contributed by atoms with E-state index in [1.54, 1.807) is 0 Å². The third-order valence-corrected chi connectivity index (χ3v) is 3.76. The smallest absolute Gasteiger partial charge is 0.336 e. The summed E-state index contributed by atoms with van der Waals surface area (Å²) in [4.78, 5) is 4.60. The monoisotopic (exact) mass is 230 g/mol. The third-order valence-electron chi connectivity index (χ3n) is 3.76. The molecule has 0 saturated heterocycles. The van der Waals surface area contributed by atoms with Crippen LogP contribution in [0, 0.1) is 0 Å². The number of hydrazine groups is 1. The van der Waals surface area contributed by atoms with Crippen LogP contribution >= 0.6 is 0 Å². The second-order valence-electron chi connectivity index (χ2n) is 4.73. The van der Waals surface area contributed by atoms with Crippen LogP contribution in [0.1, 0.15) is 0 Å². The molecule has 18 heavy (non-hydrogen) atoms. The van der Waals surface area contributed by atoms with E-state index in [0.717, 1.165) is 0 Å². The minimum Gasteiger partial charge on any atom is -0.337 e. The lowest BCUT2D eigenvalue weighted by atomic mass is 9.39. The van der Waals surface area contributed by atoms with Gasteiger partial charge in [-0.15, -0.1) is 0 Å². The normalized spacial score (nSPS) is 22.7. The Morgan fingerprint density at radius 1 is 0.611 bits per heavy atom. The molecule has 0 aromatic heterocycles. The summed E-state index contributed by atoms with van der Waals surface area (Å²) in [6.07, 6.45) is 21.5. The van der Waals surface area contributed by atoms with Gasteiger partial charge in [0, 0.05) is 12.4 Å². The molecule has 0 N–H and O–H groups in total. The summed E-state index contributed by atoms with van der Waals surface area (Å²) < 4.78 is 0. The first-order valence-corrected chi connectivity index (χ1v) is 6.30. The topological polar surface area (TPSA) is 6.48 Å². The van der Waals surface area contributed by atoms with Crippen molar-refractivity contribution in [3.05, 3.63) is 83.9 Å². The van der Waals surface area contributed by atoms with Gasteiger partial charge in [0.2, 0.25) is 0 Å². The predicted molar refractivity (Wildman–Crippen MR) is 77.1 cm³/mol. The highest BCUT2D eigenvalue weighted by atomic mass is 15.6. The van der Waals surface area contributed by atoms with Gasteiger partial charge in [-0.1, -0.05) is 59.4 Å². The average molecular weight is 230 g/mol. The molecule has 0 unspecified atom stereocenters. The number of rotatable bonds is 0. The van der Waals surface area contributed by atoms with Gasteiger partial charge < -0.3 is 9.84 Å². The molecule has 4 heteroatoms. The van der Waals surface area contributed by atoms with E-state index in [1.807, 2.05) is 0 Å². The van der Waals surface area contributed by atoms with Crippen LogP contribution in [0.4, 0.5) is 0 Å². The quantitative estimate of drug-likeness (QED) is 0.588. The molecule has 4 aliphatic rings. The van der Waals surface area contributed by atoms with Crippen LogP contribution in [-0.4, -0.2) is 23.5 Å². The summed E-state index contributed by atoms with van der Waals surface area (Å²) >= 11 is 0. The lowest BCUT2D eigenvalue weighted by Crippen LogP contribution is -2.58. The van der Waals surface area contributed by atoms with Gasteiger partial charge in [-0.2, -0.15) is 0 Å². The molecule has 0 aromatic carbocycles. The maximum absolute atomic E-state index is 2.30. The summed E-state index contributed by atoms with van der Waals surface area (Å²) in [7, 11) is 0. The Labute approximate surface area is 108 Å². The summed E-state index contributed by atoms with van der Waals surface area (Å²) in [6.45, 7) is 0.636. The summed E-state index contributed by atoms with van der Waals surface area (Å²) in [5.74, 6) is 4.50. The average Bonchev–Trinajstić information content (AvgIpc) is 2.48. The largest absolute Gasteiger partial charge is 0.337 e. The Kier molecular flexibility index (Phi) is 2.04. The maximum Gasteiger partial charge on any atom is 0.336 e. The van der Waals surface area contributed by atoms with E-state index in [4.69, 9.17) is 0 Å². The highest BCUT2D eigenvalue weighted by Gasteiger charge is 2.41. The molecule has 0 atom stereocenters. The van der Waals surface area contributed by atoms with Gasteiger partial charge in [0.25, 0.3) is 0 Å². The number of hydrogen-bond acceptors (Lipinski definition) is 2. The Balaban J connectivity index is 1.92. The van der Waals surface area contributed by atoms with E-state index in [-0.39, 0.29) is 0 Å².